The molecule has 0 radical (unpaired) electrons. The van der Waals surface area contributed by atoms with Gasteiger partial charge >= 0.3 is 0 Å². The summed E-state index contributed by atoms with van der Waals surface area (Å²) in [5, 5.41) is 3.70. The molecule has 5 N–H and O–H groups in total. The topological polar surface area (TPSA) is 111 Å². The van der Waals surface area contributed by atoms with Gasteiger partial charge in [-0.25, -0.2) is 4.98 Å². The Balaban J connectivity index is 1.85. The molecule has 0 spiro atoms. The number of nitrogens with two attached hydrogens (primary N) is 2. The Morgan fingerprint density at radius 2 is 1.56 bits per heavy atom. The second kappa shape index (κ2) is 11.0. The van der Waals surface area contributed by atoms with E-state index in [-0.39, 0.29) is 18.9 Å². The average molecular weight is 471 g/mol. The molecule has 2 aromatic carbocycles. The second-order valence-corrected chi connectivity index (χ2v) is 8.38. The van der Waals surface area contributed by atoms with Crippen molar-refractivity contribution in [3.63, 3.8) is 0 Å². The highest BCUT2D eigenvalue weighted by Crippen LogP contribution is 2.27. The standard InChI is InChI=1S/C24H24Cl2N4O2/c25-20-8-6-16(12-21(20)26)11-19(18(23(28)31)10-15-4-2-1-3-5-15)24(32)30-14-17-7-9-22(27)29-13-17/h1-9,12-13,18-19H,10-11,14H2,(H2,27,29)(H2,28,31)(H,30,32)/t18?,19-/m0/s1. The minimum Gasteiger partial charge on any atom is -0.384 e. The van der Waals surface area contributed by atoms with Gasteiger partial charge in [0.25, 0.3) is 0 Å². The lowest BCUT2D eigenvalue weighted by Gasteiger charge is -2.25. The van der Waals surface area contributed by atoms with Gasteiger partial charge in [0.15, 0.2) is 0 Å². The summed E-state index contributed by atoms with van der Waals surface area (Å²) in [6.07, 6.45) is 2.22. The van der Waals surface area contributed by atoms with Gasteiger partial charge in [0, 0.05) is 12.7 Å². The Morgan fingerprint density at radius 1 is 0.875 bits per heavy atom. The molecule has 0 saturated carbocycles. The summed E-state index contributed by atoms with van der Waals surface area (Å²) in [4.78, 5) is 29.7. The summed E-state index contributed by atoms with van der Waals surface area (Å²) < 4.78 is 0. The number of primary amides is 1. The predicted octanol–water partition coefficient (Wildman–Crippen LogP) is 3.79. The highest BCUT2D eigenvalue weighted by atomic mass is 35.5. The van der Waals surface area contributed by atoms with Crippen LogP contribution in [0.25, 0.3) is 0 Å². The maximum atomic E-state index is 13.3. The minimum absolute atomic E-state index is 0.251. The fourth-order valence-electron chi connectivity index (χ4n) is 3.51. The molecule has 0 aliphatic heterocycles. The lowest BCUT2D eigenvalue weighted by Crippen LogP contribution is -2.42. The molecule has 166 valence electrons. The van der Waals surface area contributed by atoms with E-state index in [0.717, 1.165) is 16.7 Å². The highest BCUT2D eigenvalue weighted by molar-refractivity contribution is 6.42. The summed E-state index contributed by atoms with van der Waals surface area (Å²) in [5.41, 5.74) is 13.9. The van der Waals surface area contributed by atoms with Gasteiger partial charge in [-0.1, -0.05) is 65.7 Å². The SMILES string of the molecule is NC(=O)C(Cc1ccccc1)[C@H](Cc1ccc(Cl)c(Cl)c1)C(=O)NCc1ccc(N)nc1. The molecular weight excluding hydrogens is 447 g/mol. The number of nitrogen functional groups attached to an aromatic ring is 1. The quantitative estimate of drug-likeness (QED) is 0.441. The maximum absolute atomic E-state index is 13.3. The molecule has 0 aliphatic rings. The van der Waals surface area contributed by atoms with Crippen LogP contribution in [0.2, 0.25) is 10.0 Å². The van der Waals surface area contributed by atoms with Crippen LogP contribution in [0.3, 0.4) is 0 Å². The van der Waals surface area contributed by atoms with Crippen molar-refractivity contribution in [1.29, 1.82) is 0 Å². The third-order valence-electron chi connectivity index (χ3n) is 5.24. The van der Waals surface area contributed by atoms with Gasteiger partial charge in [-0.2, -0.15) is 0 Å². The summed E-state index contributed by atoms with van der Waals surface area (Å²) in [7, 11) is 0. The third kappa shape index (κ3) is 6.45. The number of hydrogen-bond acceptors (Lipinski definition) is 4. The first-order valence-electron chi connectivity index (χ1n) is 10.1. The van der Waals surface area contributed by atoms with E-state index in [2.05, 4.69) is 10.3 Å². The summed E-state index contributed by atoms with van der Waals surface area (Å²) in [6.45, 7) is 0.251. The number of aromatic nitrogens is 1. The number of carbonyl (C=O) groups is 2. The largest absolute Gasteiger partial charge is 0.384 e. The van der Waals surface area contributed by atoms with Crippen LogP contribution in [0.5, 0.6) is 0 Å². The van der Waals surface area contributed by atoms with Crippen LogP contribution in [0, 0.1) is 11.8 Å². The van der Waals surface area contributed by atoms with E-state index >= 15 is 0 Å². The molecule has 6 nitrogen and oxygen atoms in total. The highest BCUT2D eigenvalue weighted by Gasteiger charge is 2.33. The van der Waals surface area contributed by atoms with Gasteiger partial charge in [0.05, 0.1) is 21.9 Å². The molecule has 0 fully saturated rings. The molecule has 3 rings (SSSR count). The van der Waals surface area contributed by atoms with Gasteiger partial charge in [-0.15, -0.1) is 0 Å². The molecule has 3 aromatic rings. The number of benzene rings is 2. The number of amides is 2. The first-order valence-corrected chi connectivity index (χ1v) is 10.8. The number of pyridine rings is 1. The van der Waals surface area contributed by atoms with E-state index in [0.29, 0.717) is 22.3 Å². The van der Waals surface area contributed by atoms with Gasteiger partial charge < -0.3 is 16.8 Å². The van der Waals surface area contributed by atoms with Crippen molar-refractivity contribution in [2.45, 2.75) is 19.4 Å². The van der Waals surface area contributed by atoms with Crippen LogP contribution < -0.4 is 16.8 Å². The Kier molecular flexibility index (Phi) is 8.09. The van der Waals surface area contributed by atoms with Gasteiger partial charge in [0.2, 0.25) is 11.8 Å². The van der Waals surface area contributed by atoms with E-state index in [9.17, 15) is 9.59 Å². The van der Waals surface area contributed by atoms with E-state index in [4.69, 9.17) is 34.7 Å². The predicted molar refractivity (Wildman–Crippen MR) is 127 cm³/mol. The molecule has 1 heterocycles. The zero-order valence-electron chi connectivity index (χ0n) is 17.3. The Morgan fingerprint density at radius 3 is 2.19 bits per heavy atom. The molecule has 2 amide bonds. The molecule has 0 saturated heterocycles. The molecule has 1 unspecified atom stereocenters. The van der Waals surface area contributed by atoms with E-state index in [1.807, 2.05) is 30.3 Å². The van der Waals surface area contributed by atoms with Crippen LogP contribution in [-0.4, -0.2) is 16.8 Å². The van der Waals surface area contributed by atoms with E-state index in [1.165, 1.54) is 0 Å². The zero-order valence-corrected chi connectivity index (χ0v) is 18.8. The van der Waals surface area contributed by atoms with Crippen molar-refractivity contribution in [2.24, 2.45) is 17.6 Å². The Hall–Kier alpha value is -3.09. The summed E-state index contributed by atoms with van der Waals surface area (Å²) >= 11 is 12.2. The van der Waals surface area contributed by atoms with Crippen LogP contribution in [0.1, 0.15) is 16.7 Å². The molecule has 32 heavy (non-hydrogen) atoms. The normalized spacial score (nSPS) is 12.7. The number of rotatable bonds is 9. The molecular formula is C24H24Cl2N4O2. The molecule has 8 heteroatoms. The number of halogens is 2. The van der Waals surface area contributed by atoms with Crippen LogP contribution in [0.15, 0.2) is 66.9 Å². The molecule has 0 aliphatic carbocycles. The Labute approximate surface area is 196 Å². The smallest absolute Gasteiger partial charge is 0.224 e. The summed E-state index contributed by atoms with van der Waals surface area (Å²) in [5.74, 6) is -1.84. The van der Waals surface area contributed by atoms with Crippen molar-refractivity contribution in [3.8, 4) is 0 Å². The van der Waals surface area contributed by atoms with Crippen molar-refractivity contribution in [3.05, 3.63) is 93.6 Å². The fraction of sp³-hybridized carbons (Fsp3) is 0.208. The van der Waals surface area contributed by atoms with Crippen LogP contribution >= 0.6 is 23.2 Å². The number of anilines is 1. The Bertz CT molecular complexity index is 1080. The van der Waals surface area contributed by atoms with Crippen molar-refractivity contribution < 1.29 is 9.59 Å². The fourth-order valence-corrected chi connectivity index (χ4v) is 3.83. The van der Waals surface area contributed by atoms with Crippen molar-refractivity contribution in [1.82, 2.24) is 10.3 Å². The average Bonchev–Trinajstić information content (AvgIpc) is 2.78. The van der Waals surface area contributed by atoms with Gasteiger partial charge in [-0.05, 0) is 47.7 Å². The van der Waals surface area contributed by atoms with E-state index in [1.54, 1.807) is 36.5 Å². The maximum Gasteiger partial charge on any atom is 0.224 e. The van der Waals surface area contributed by atoms with Crippen molar-refractivity contribution in [2.75, 3.05) is 5.73 Å². The lowest BCUT2D eigenvalue weighted by atomic mass is 9.81. The van der Waals surface area contributed by atoms with E-state index < -0.39 is 17.7 Å². The number of hydrogen-bond donors (Lipinski definition) is 3. The minimum atomic E-state index is -0.712. The number of nitrogens with one attached hydrogen (secondary N) is 1. The lowest BCUT2D eigenvalue weighted by molar-refractivity contribution is -0.133. The number of nitrogens with zero attached hydrogens (tertiary/aromatic N) is 1. The van der Waals surface area contributed by atoms with Crippen LogP contribution in [-0.2, 0) is 29.0 Å². The first-order chi connectivity index (χ1) is 15.3. The van der Waals surface area contributed by atoms with Crippen molar-refractivity contribution >= 4 is 40.8 Å². The molecule has 1 aromatic heterocycles. The second-order valence-electron chi connectivity index (χ2n) is 7.57. The van der Waals surface area contributed by atoms with Gasteiger partial charge in [-0.3, -0.25) is 9.59 Å². The molecule has 0 bridgehead atoms. The first kappa shape index (κ1) is 23.6. The molecule has 2 atom stereocenters. The number of carbonyl (C=O) groups excluding carboxylic acids is 2. The monoisotopic (exact) mass is 470 g/mol. The van der Waals surface area contributed by atoms with Crippen LogP contribution in [0.4, 0.5) is 5.82 Å². The third-order valence-corrected chi connectivity index (χ3v) is 5.98. The zero-order chi connectivity index (χ0) is 23.1. The van der Waals surface area contributed by atoms with Gasteiger partial charge in [0.1, 0.15) is 5.82 Å². The summed E-state index contributed by atoms with van der Waals surface area (Å²) in [6, 6.07) is 18.1.